The molecule has 0 atom stereocenters. The molecule has 0 radical (unpaired) electrons. The van der Waals surface area contributed by atoms with Crippen molar-refractivity contribution in [3.63, 3.8) is 0 Å². The highest BCUT2D eigenvalue weighted by Gasteiger charge is 2.25. The second-order valence-corrected chi connectivity index (χ2v) is 6.81. The van der Waals surface area contributed by atoms with Crippen molar-refractivity contribution in [3.05, 3.63) is 60.2 Å². The number of nitrogens with zero attached hydrogens (tertiary/aromatic N) is 1. The highest BCUT2D eigenvalue weighted by atomic mass is 16.5. The summed E-state index contributed by atoms with van der Waals surface area (Å²) in [7, 11) is 0. The summed E-state index contributed by atoms with van der Waals surface area (Å²) in [5.41, 5.74) is 7.04. The van der Waals surface area contributed by atoms with E-state index in [0.717, 1.165) is 32.5 Å². The van der Waals surface area contributed by atoms with E-state index in [0.29, 0.717) is 11.4 Å². The average Bonchev–Trinajstić information content (AvgIpc) is 2.68. The lowest BCUT2D eigenvalue weighted by Crippen LogP contribution is -2.37. The normalized spacial score (nSPS) is 15.3. The molecule has 0 aromatic heterocycles. The van der Waals surface area contributed by atoms with Gasteiger partial charge in [-0.25, -0.2) is 0 Å². The molecule has 0 unspecified atom stereocenters. The number of nitrogens with two attached hydrogens (primary N) is 1. The van der Waals surface area contributed by atoms with Crippen molar-refractivity contribution in [3.8, 4) is 5.75 Å². The topological polar surface area (TPSA) is 84.7 Å². The molecule has 6 nitrogen and oxygen atoms in total. The summed E-state index contributed by atoms with van der Waals surface area (Å²) >= 11 is 0. The Labute approximate surface area is 159 Å². The van der Waals surface area contributed by atoms with Gasteiger partial charge in [-0.2, -0.15) is 0 Å². The zero-order valence-electron chi connectivity index (χ0n) is 15.3. The van der Waals surface area contributed by atoms with Crippen LogP contribution in [0.1, 0.15) is 18.4 Å². The van der Waals surface area contributed by atoms with Crippen molar-refractivity contribution in [2.45, 2.75) is 19.4 Å². The Balaban J connectivity index is 1.48. The fraction of sp³-hybridized carbons (Fsp3) is 0.333. The summed E-state index contributed by atoms with van der Waals surface area (Å²) in [6, 6.07) is 17.4. The van der Waals surface area contributed by atoms with E-state index in [4.69, 9.17) is 10.5 Å². The van der Waals surface area contributed by atoms with Crippen LogP contribution < -0.4 is 15.8 Å². The number of piperidine rings is 1. The third-order valence-corrected chi connectivity index (χ3v) is 4.69. The highest BCUT2D eigenvalue weighted by Crippen LogP contribution is 2.22. The molecule has 0 bridgehead atoms. The number of ether oxygens (including phenoxy) is 1. The standard InChI is InChI=1S/C21H25N3O3/c22-20(25)15-27-19-8-4-7-18(13-19)23-21(26)17-9-11-24(12-10-17)14-16-5-2-1-3-6-16/h1-8,13,17H,9-12,14-15H2,(H2,22,25)(H,23,26). The maximum atomic E-state index is 12.6. The van der Waals surface area contributed by atoms with Crippen LogP contribution >= 0.6 is 0 Å². The quantitative estimate of drug-likeness (QED) is 0.787. The largest absolute Gasteiger partial charge is 0.484 e. The fourth-order valence-electron chi connectivity index (χ4n) is 3.26. The lowest BCUT2D eigenvalue weighted by Gasteiger charge is -2.31. The fourth-order valence-corrected chi connectivity index (χ4v) is 3.26. The van der Waals surface area contributed by atoms with Crippen LogP contribution in [-0.2, 0) is 16.1 Å². The van der Waals surface area contributed by atoms with Crippen molar-refractivity contribution in [2.75, 3.05) is 25.0 Å². The molecule has 27 heavy (non-hydrogen) atoms. The van der Waals surface area contributed by atoms with Gasteiger partial charge in [0, 0.05) is 24.2 Å². The van der Waals surface area contributed by atoms with E-state index in [1.165, 1.54) is 5.56 Å². The first-order valence-electron chi connectivity index (χ1n) is 9.18. The van der Waals surface area contributed by atoms with Gasteiger partial charge in [0.1, 0.15) is 5.75 Å². The van der Waals surface area contributed by atoms with Crippen LogP contribution in [0.5, 0.6) is 5.75 Å². The SMILES string of the molecule is NC(=O)COc1cccc(NC(=O)C2CCN(Cc3ccccc3)CC2)c1. The van der Waals surface area contributed by atoms with Gasteiger partial charge in [0.05, 0.1) is 0 Å². The van der Waals surface area contributed by atoms with Crippen LogP contribution in [0.25, 0.3) is 0 Å². The number of hydrogen-bond donors (Lipinski definition) is 2. The lowest BCUT2D eigenvalue weighted by atomic mass is 9.95. The first kappa shape index (κ1) is 18.9. The zero-order chi connectivity index (χ0) is 19.1. The lowest BCUT2D eigenvalue weighted by molar-refractivity contribution is -0.121. The van der Waals surface area contributed by atoms with Crippen molar-refractivity contribution < 1.29 is 14.3 Å². The number of carbonyl (C=O) groups excluding carboxylic acids is 2. The summed E-state index contributed by atoms with van der Waals surface area (Å²) < 4.78 is 5.27. The minimum atomic E-state index is -0.535. The van der Waals surface area contributed by atoms with Crippen molar-refractivity contribution in [2.24, 2.45) is 11.7 Å². The van der Waals surface area contributed by atoms with Crippen LogP contribution in [0.15, 0.2) is 54.6 Å². The molecular formula is C21H25N3O3. The minimum absolute atomic E-state index is 0.00668. The molecular weight excluding hydrogens is 342 g/mol. The Morgan fingerprint density at radius 2 is 1.81 bits per heavy atom. The number of amides is 2. The van der Waals surface area contributed by atoms with Crippen LogP contribution in [0.4, 0.5) is 5.69 Å². The van der Waals surface area contributed by atoms with Gasteiger partial charge in [-0.05, 0) is 43.6 Å². The van der Waals surface area contributed by atoms with E-state index in [1.807, 2.05) is 6.07 Å². The second kappa shape index (κ2) is 9.19. The molecule has 0 aliphatic carbocycles. The number of nitrogens with one attached hydrogen (secondary N) is 1. The number of rotatable bonds is 7. The van der Waals surface area contributed by atoms with E-state index < -0.39 is 5.91 Å². The van der Waals surface area contributed by atoms with Gasteiger partial charge in [0.25, 0.3) is 5.91 Å². The van der Waals surface area contributed by atoms with Crippen LogP contribution in [0, 0.1) is 5.92 Å². The molecule has 6 heteroatoms. The van der Waals surface area contributed by atoms with Crippen molar-refractivity contribution in [1.82, 2.24) is 4.90 Å². The number of likely N-dealkylation sites (tertiary alicyclic amines) is 1. The van der Waals surface area contributed by atoms with Crippen LogP contribution in [0.2, 0.25) is 0 Å². The van der Waals surface area contributed by atoms with Gasteiger partial charge < -0.3 is 15.8 Å². The summed E-state index contributed by atoms with van der Waals surface area (Å²) in [6.45, 7) is 2.56. The zero-order valence-corrected chi connectivity index (χ0v) is 15.3. The summed E-state index contributed by atoms with van der Waals surface area (Å²) in [5.74, 6) is 0.00427. The first-order chi connectivity index (χ1) is 13.1. The maximum absolute atomic E-state index is 12.6. The van der Waals surface area contributed by atoms with Gasteiger partial charge in [0.2, 0.25) is 5.91 Å². The monoisotopic (exact) mass is 367 g/mol. The molecule has 3 N–H and O–H groups in total. The second-order valence-electron chi connectivity index (χ2n) is 6.81. The Hall–Kier alpha value is -2.86. The molecule has 0 spiro atoms. The third kappa shape index (κ3) is 5.82. The van der Waals surface area contributed by atoms with Gasteiger partial charge in [-0.15, -0.1) is 0 Å². The summed E-state index contributed by atoms with van der Waals surface area (Å²) in [5, 5.41) is 2.95. The number of benzene rings is 2. The number of hydrogen-bond acceptors (Lipinski definition) is 4. The van der Waals surface area contributed by atoms with Crippen molar-refractivity contribution >= 4 is 17.5 Å². The Morgan fingerprint density at radius 3 is 2.52 bits per heavy atom. The smallest absolute Gasteiger partial charge is 0.255 e. The van der Waals surface area contributed by atoms with E-state index >= 15 is 0 Å². The molecule has 2 aromatic rings. The molecule has 0 saturated carbocycles. The Morgan fingerprint density at radius 1 is 1.07 bits per heavy atom. The molecule has 2 aromatic carbocycles. The van der Waals surface area contributed by atoms with Gasteiger partial charge in [-0.1, -0.05) is 36.4 Å². The predicted molar refractivity (Wildman–Crippen MR) is 104 cm³/mol. The minimum Gasteiger partial charge on any atom is -0.484 e. The highest BCUT2D eigenvalue weighted by molar-refractivity contribution is 5.92. The molecule has 1 saturated heterocycles. The van der Waals surface area contributed by atoms with Crippen LogP contribution in [-0.4, -0.2) is 36.4 Å². The molecule has 2 amide bonds. The summed E-state index contributed by atoms with van der Waals surface area (Å²) in [6.07, 6.45) is 1.69. The summed E-state index contributed by atoms with van der Waals surface area (Å²) in [4.78, 5) is 25.8. The van der Waals surface area contributed by atoms with E-state index in [-0.39, 0.29) is 18.4 Å². The Bertz CT molecular complexity index is 771. The predicted octanol–water partition coefficient (Wildman–Crippen LogP) is 2.40. The van der Waals surface area contributed by atoms with Gasteiger partial charge >= 0.3 is 0 Å². The number of carbonyl (C=O) groups is 2. The number of primary amides is 1. The maximum Gasteiger partial charge on any atom is 0.255 e. The molecule has 1 aliphatic heterocycles. The molecule has 1 aliphatic rings. The molecule has 142 valence electrons. The molecule has 3 rings (SSSR count). The third-order valence-electron chi connectivity index (χ3n) is 4.69. The van der Waals surface area contributed by atoms with Crippen molar-refractivity contribution in [1.29, 1.82) is 0 Å². The molecule has 1 fully saturated rings. The first-order valence-corrected chi connectivity index (χ1v) is 9.18. The van der Waals surface area contributed by atoms with Crippen LogP contribution in [0.3, 0.4) is 0 Å². The van der Waals surface area contributed by atoms with E-state index in [9.17, 15) is 9.59 Å². The average molecular weight is 367 g/mol. The Kier molecular flexibility index (Phi) is 6.44. The van der Waals surface area contributed by atoms with Gasteiger partial charge in [0.15, 0.2) is 6.61 Å². The van der Waals surface area contributed by atoms with E-state index in [2.05, 4.69) is 34.5 Å². The van der Waals surface area contributed by atoms with E-state index in [1.54, 1.807) is 24.3 Å². The van der Waals surface area contributed by atoms with Gasteiger partial charge in [-0.3, -0.25) is 14.5 Å². The number of anilines is 1. The molecule has 1 heterocycles.